The molecule has 124 valence electrons. The Morgan fingerprint density at radius 2 is 1.67 bits per heavy atom. The van der Waals surface area contributed by atoms with Crippen molar-refractivity contribution in [2.24, 2.45) is 0 Å². The monoisotopic (exact) mass is 346 g/mol. The lowest BCUT2D eigenvalue weighted by atomic mass is 10.2. The van der Waals surface area contributed by atoms with E-state index in [9.17, 15) is 14.4 Å². The maximum Gasteiger partial charge on any atom is 0.303 e. The number of carbonyl (C=O) groups excluding carboxylic acids is 2. The second kappa shape index (κ2) is 8.12. The molecular formula is C17H15ClN2O4. The number of halogens is 1. The molecule has 0 radical (unpaired) electrons. The highest BCUT2D eigenvalue weighted by atomic mass is 35.5. The highest BCUT2D eigenvalue weighted by Gasteiger charge is 2.10. The molecule has 3 N–H and O–H groups in total. The van der Waals surface area contributed by atoms with Gasteiger partial charge in [0.05, 0.1) is 17.1 Å². The van der Waals surface area contributed by atoms with Crippen LogP contribution in [0, 0.1) is 0 Å². The van der Waals surface area contributed by atoms with E-state index in [2.05, 4.69) is 10.6 Å². The topological polar surface area (TPSA) is 95.5 Å². The lowest BCUT2D eigenvalue weighted by Crippen LogP contribution is -2.14. The molecule has 0 aliphatic heterocycles. The lowest BCUT2D eigenvalue weighted by Gasteiger charge is -2.10. The second-order valence-corrected chi connectivity index (χ2v) is 5.36. The van der Waals surface area contributed by atoms with Crippen molar-refractivity contribution in [3.8, 4) is 0 Å². The standard InChI is InChI=1S/C17H15ClN2O4/c18-13-10-12(19-15(21)8-9-16(22)23)6-7-14(13)20-17(24)11-4-2-1-3-5-11/h1-7,10H,8-9H2,(H,19,21)(H,20,24)(H,22,23). The molecule has 7 heteroatoms. The number of hydrogen-bond donors (Lipinski definition) is 3. The van der Waals surface area contributed by atoms with E-state index in [1.807, 2.05) is 6.07 Å². The molecule has 2 aromatic rings. The van der Waals surface area contributed by atoms with E-state index in [-0.39, 0.29) is 23.8 Å². The minimum absolute atomic E-state index is 0.126. The Morgan fingerprint density at radius 3 is 2.29 bits per heavy atom. The Hall–Kier alpha value is -2.86. The summed E-state index contributed by atoms with van der Waals surface area (Å²) >= 11 is 6.11. The van der Waals surface area contributed by atoms with Crippen LogP contribution in [0.1, 0.15) is 23.2 Å². The van der Waals surface area contributed by atoms with Gasteiger partial charge < -0.3 is 15.7 Å². The van der Waals surface area contributed by atoms with Gasteiger partial charge in [-0.05, 0) is 30.3 Å². The van der Waals surface area contributed by atoms with Crippen LogP contribution in [0.4, 0.5) is 11.4 Å². The largest absolute Gasteiger partial charge is 0.481 e. The van der Waals surface area contributed by atoms with Crippen molar-refractivity contribution in [3.63, 3.8) is 0 Å². The van der Waals surface area contributed by atoms with Gasteiger partial charge in [0.1, 0.15) is 0 Å². The molecule has 0 spiro atoms. The van der Waals surface area contributed by atoms with Gasteiger partial charge in [0.25, 0.3) is 5.91 Å². The molecule has 0 bridgehead atoms. The predicted octanol–water partition coefficient (Wildman–Crippen LogP) is 3.40. The number of amides is 2. The molecule has 2 rings (SSSR count). The average Bonchev–Trinajstić information content (AvgIpc) is 2.56. The summed E-state index contributed by atoms with van der Waals surface area (Å²) in [6, 6.07) is 13.3. The Morgan fingerprint density at radius 1 is 0.958 bits per heavy atom. The van der Waals surface area contributed by atoms with E-state index in [1.54, 1.807) is 36.4 Å². The second-order valence-electron chi connectivity index (χ2n) is 4.96. The third kappa shape index (κ3) is 5.10. The molecule has 0 saturated carbocycles. The first-order chi connectivity index (χ1) is 11.5. The molecule has 24 heavy (non-hydrogen) atoms. The maximum atomic E-state index is 12.1. The zero-order chi connectivity index (χ0) is 17.5. The molecule has 0 heterocycles. The third-order valence-corrected chi connectivity index (χ3v) is 3.42. The Kier molecular flexibility index (Phi) is 5.92. The van der Waals surface area contributed by atoms with Gasteiger partial charge in [0, 0.05) is 17.7 Å². The smallest absolute Gasteiger partial charge is 0.303 e. The summed E-state index contributed by atoms with van der Waals surface area (Å²) < 4.78 is 0. The zero-order valence-electron chi connectivity index (χ0n) is 12.6. The zero-order valence-corrected chi connectivity index (χ0v) is 13.3. The molecule has 0 fully saturated rings. The van der Waals surface area contributed by atoms with Crippen LogP contribution >= 0.6 is 11.6 Å². The molecule has 0 aliphatic rings. The number of nitrogens with one attached hydrogen (secondary N) is 2. The predicted molar refractivity (Wildman–Crippen MR) is 91.3 cm³/mol. The Balaban J connectivity index is 2.00. The first kappa shape index (κ1) is 17.5. The first-order valence-electron chi connectivity index (χ1n) is 7.13. The number of carboxylic acid groups (broad SMARTS) is 1. The third-order valence-electron chi connectivity index (χ3n) is 3.10. The van der Waals surface area contributed by atoms with Crippen molar-refractivity contribution in [2.45, 2.75) is 12.8 Å². The van der Waals surface area contributed by atoms with Crippen molar-refractivity contribution in [1.29, 1.82) is 0 Å². The van der Waals surface area contributed by atoms with Crippen molar-refractivity contribution >= 4 is 40.8 Å². The fourth-order valence-corrected chi connectivity index (χ4v) is 2.15. The van der Waals surface area contributed by atoms with Gasteiger partial charge in [-0.1, -0.05) is 29.8 Å². The summed E-state index contributed by atoms with van der Waals surface area (Å²) in [5.74, 6) is -1.76. The molecule has 0 aliphatic carbocycles. The quantitative estimate of drug-likeness (QED) is 0.747. The number of rotatable bonds is 6. The van der Waals surface area contributed by atoms with Gasteiger partial charge in [-0.25, -0.2) is 0 Å². The fourth-order valence-electron chi connectivity index (χ4n) is 1.92. The first-order valence-corrected chi connectivity index (χ1v) is 7.51. The lowest BCUT2D eigenvalue weighted by molar-refractivity contribution is -0.138. The number of anilines is 2. The number of carbonyl (C=O) groups is 3. The van der Waals surface area contributed by atoms with Gasteiger partial charge in [-0.2, -0.15) is 0 Å². The van der Waals surface area contributed by atoms with E-state index in [4.69, 9.17) is 16.7 Å². The van der Waals surface area contributed by atoms with Gasteiger partial charge in [0.2, 0.25) is 5.91 Å². The van der Waals surface area contributed by atoms with Gasteiger partial charge in [-0.3, -0.25) is 14.4 Å². The van der Waals surface area contributed by atoms with Gasteiger partial charge >= 0.3 is 5.97 Å². The van der Waals surface area contributed by atoms with Crippen LogP contribution in [-0.2, 0) is 9.59 Å². The highest BCUT2D eigenvalue weighted by molar-refractivity contribution is 6.34. The number of carboxylic acids is 1. The number of aliphatic carboxylic acids is 1. The Labute approximate surface area is 143 Å². The van der Waals surface area contributed by atoms with E-state index in [1.165, 1.54) is 6.07 Å². The molecule has 2 amide bonds. The SMILES string of the molecule is O=C(O)CCC(=O)Nc1ccc(NC(=O)c2ccccc2)c(Cl)c1. The summed E-state index contributed by atoms with van der Waals surface area (Å²) in [6.45, 7) is 0. The summed E-state index contributed by atoms with van der Waals surface area (Å²) in [5, 5.41) is 14.0. The summed E-state index contributed by atoms with van der Waals surface area (Å²) in [4.78, 5) is 34.1. The van der Waals surface area contributed by atoms with E-state index < -0.39 is 11.9 Å². The number of hydrogen-bond acceptors (Lipinski definition) is 3. The molecule has 6 nitrogen and oxygen atoms in total. The maximum absolute atomic E-state index is 12.1. The van der Waals surface area contributed by atoms with Crippen LogP contribution in [0.2, 0.25) is 5.02 Å². The van der Waals surface area contributed by atoms with Crippen LogP contribution < -0.4 is 10.6 Å². The average molecular weight is 347 g/mol. The van der Waals surface area contributed by atoms with Crippen molar-refractivity contribution in [2.75, 3.05) is 10.6 Å². The van der Waals surface area contributed by atoms with E-state index in [0.717, 1.165) is 0 Å². The van der Waals surface area contributed by atoms with Gasteiger partial charge in [0.15, 0.2) is 0 Å². The van der Waals surface area contributed by atoms with Crippen LogP contribution in [-0.4, -0.2) is 22.9 Å². The molecule has 0 saturated heterocycles. The molecule has 0 aromatic heterocycles. The fraction of sp³-hybridized carbons (Fsp3) is 0.118. The number of benzene rings is 2. The van der Waals surface area contributed by atoms with Crippen LogP contribution in [0.15, 0.2) is 48.5 Å². The van der Waals surface area contributed by atoms with Crippen LogP contribution in [0.25, 0.3) is 0 Å². The molecular weight excluding hydrogens is 332 g/mol. The normalized spacial score (nSPS) is 10.0. The van der Waals surface area contributed by atoms with Crippen molar-refractivity contribution in [1.82, 2.24) is 0 Å². The summed E-state index contributed by atoms with van der Waals surface area (Å²) in [7, 11) is 0. The van der Waals surface area contributed by atoms with Crippen molar-refractivity contribution < 1.29 is 19.5 Å². The van der Waals surface area contributed by atoms with Crippen molar-refractivity contribution in [3.05, 3.63) is 59.1 Å². The molecule has 2 aromatic carbocycles. The summed E-state index contributed by atoms with van der Waals surface area (Å²) in [5.41, 5.74) is 1.33. The van der Waals surface area contributed by atoms with Crippen LogP contribution in [0.3, 0.4) is 0 Å². The summed E-state index contributed by atoms with van der Waals surface area (Å²) in [6.07, 6.45) is -0.371. The molecule has 0 atom stereocenters. The Bertz CT molecular complexity index is 762. The van der Waals surface area contributed by atoms with Gasteiger partial charge in [-0.15, -0.1) is 0 Å². The minimum atomic E-state index is -1.04. The minimum Gasteiger partial charge on any atom is -0.481 e. The molecule has 0 unspecified atom stereocenters. The van der Waals surface area contributed by atoms with Crippen LogP contribution in [0.5, 0.6) is 0 Å². The van der Waals surface area contributed by atoms with E-state index in [0.29, 0.717) is 16.9 Å². The van der Waals surface area contributed by atoms with E-state index >= 15 is 0 Å². The highest BCUT2D eigenvalue weighted by Crippen LogP contribution is 2.26.